The van der Waals surface area contributed by atoms with Crippen LogP contribution in [0.4, 0.5) is 0 Å². The number of ether oxygens (including phenoxy) is 2. The molecule has 0 radical (unpaired) electrons. The van der Waals surface area contributed by atoms with Crippen molar-refractivity contribution >= 4 is 0 Å². The van der Waals surface area contributed by atoms with Gasteiger partial charge >= 0.3 is 0 Å². The highest BCUT2D eigenvalue weighted by atomic mass is 16.5. The minimum atomic E-state index is 0.274. The molecule has 0 amide bonds. The fraction of sp³-hybridized carbons (Fsp3) is 0.435. The summed E-state index contributed by atoms with van der Waals surface area (Å²) in [5.41, 5.74) is 2.75. The molecule has 1 aliphatic heterocycles. The van der Waals surface area contributed by atoms with Crippen LogP contribution in [0.5, 0.6) is 5.75 Å². The maximum Gasteiger partial charge on any atom is 0.120 e. The molecule has 4 rings (SSSR count). The first-order valence-electron chi connectivity index (χ1n) is 10.1. The van der Waals surface area contributed by atoms with Crippen LogP contribution >= 0.6 is 0 Å². The average Bonchev–Trinajstić information content (AvgIpc) is 3.58. The first kappa shape index (κ1) is 18.9. The Hall–Kier alpha value is -2.39. The van der Waals surface area contributed by atoms with E-state index in [1.54, 1.807) is 0 Å². The van der Waals surface area contributed by atoms with Gasteiger partial charge in [-0.25, -0.2) is 0 Å². The predicted molar refractivity (Wildman–Crippen MR) is 108 cm³/mol. The third kappa shape index (κ3) is 5.11. The van der Waals surface area contributed by atoms with Crippen molar-refractivity contribution < 1.29 is 9.47 Å². The number of nitriles is 1. The van der Waals surface area contributed by atoms with Crippen LogP contribution < -0.4 is 10.1 Å². The molecular weight excluding hydrogens is 350 g/mol. The minimum Gasteiger partial charge on any atom is -0.489 e. The summed E-state index contributed by atoms with van der Waals surface area (Å²) in [4.78, 5) is 2.57. The molecule has 0 spiro atoms. The Bertz CT molecular complexity index is 829. The van der Waals surface area contributed by atoms with Gasteiger partial charge in [-0.3, -0.25) is 4.90 Å². The van der Waals surface area contributed by atoms with Crippen molar-refractivity contribution in [3.05, 3.63) is 65.2 Å². The Balaban J connectivity index is 1.25. The van der Waals surface area contributed by atoms with E-state index in [1.165, 1.54) is 18.4 Å². The number of benzene rings is 2. The van der Waals surface area contributed by atoms with Crippen molar-refractivity contribution in [1.82, 2.24) is 10.2 Å². The van der Waals surface area contributed by atoms with Crippen LogP contribution in [-0.4, -0.2) is 43.3 Å². The zero-order valence-corrected chi connectivity index (χ0v) is 16.1. The van der Waals surface area contributed by atoms with Gasteiger partial charge < -0.3 is 14.8 Å². The average molecular weight is 377 g/mol. The fourth-order valence-electron chi connectivity index (χ4n) is 3.68. The van der Waals surface area contributed by atoms with Crippen molar-refractivity contribution in [3.63, 3.8) is 0 Å². The Morgan fingerprint density at radius 1 is 1.18 bits per heavy atom. The summed E-state index contributed by atoms with van der Waals surface area (Å²) in [6.07, 6.45) is 2.98. The molecule has 28 heavy (non-hydrogen) atoms. The Morgan fingerprint density at radius 3 is 2.93 bits per heavy atom. The lowest BCUT2D eigenvalue weighted by molar-refractivity contribution is -0.0301. The van der Waals surface area contributed by atoms with Gasteiger partial charge in [0.15, 0.2) is 0 Å². The number of nitrogens with zero attached hydrogens (tertiary/aromatic N) is 2. The highest BCUT2D eigenvalue weighted by molar-refractivity contribution is 5.37. The van der Waals surface area contributed by atoms with E-state index in [1.807, 2.05) is 36.4 Å². The van der Waals surface area contributed by atoms with E-state index in [-0.39, 0.29) is 6.10 Å². The van der Waals surface area contributed by atoms with E-state index in [2.05, 4.69) is 28.4 Å². The van der Waals surface area contributed by atoms with Crippen LogP contribution in [0.25, 0.3) is 0 Å². The number of rotatable bonds is 8. The van der Waals surface area contributed by atoms with Crippen LogP contribution in [0, 0.1) is 11.3 Å². The van der Waals surface area contributed by atoms with Crippen LogP contribution in [0.1, 0.15) is 29.5 Å². The van der Waals surface area contributed by atoms with Crippen LogP contribution in [0.3, 0.4) is 0 Å². The lowest BCUT2D eigenvalue weighted by Crippen LogP contribution is -2.47. The quantitative estimate of drug-likeness (QED) is 0.766. The molecule has 1 aliphatic carbocycles. The number of hydrogen-bond acceptors (Lipinski definition) is 5. The van der Waals surface area contributed by atoms with Crippen LogP contribution in [-0.2, 0) is 17.9 Å². The molecule has 5 heteroatoms. The number of hydrogen-bond donors (Lipinski definition) is 1. The van der Waals surface area contributed by atoms with Gasteiger partial charge in [-0.1, -0.05) is 30.3 Å². The van der Waals surface area contributed by atoms with Crippen molar-refractivity contribution in [2.45, 2.75) is 38.1 Å². The molecule has 1 unspecified atom stereocenters. The Morgan fingerprint density at radius 2 is 2.07 bits per heavy atom. The van der Waals surface area contributed by atoms with Crippen molar-refractivity contribution in [1.29, 1.82) is 5.26 Å². The molecule has 1 atom stereocenters. The molecule has 0 aromatic heterocycles. The predicted octanol–water partition coefficient (Wildman–Crippen LogP) is 3.09. The maximum absolute atomic E-state index is 9.19. The molecule has 1 heterocycles. The van der Waals surface area contributed by atoms with Crippen molar-refractivity contribution in [2.24, 2.45) is 0 Å². The monoisotopic (exact) mass is 377 g/mol. The summed E-state index contributed by atoms with van der Waals surface area (Å²) < 4.78 is 11.8. The topological polar surface area (TPSA) is 57.5 Å². The molecule has 146 valence electrons. The largest absolute Gasteiger partial charge is 0.489 e. The van der Waals surface area contributed by atoms with E-state index in [0.717, 1.165) is 50.1 Å². The minimum absolute atomic E-state index is 0.274. The highest BCUT2D eigenvalue weighted by Crippen LogP contribution is 2.28. The molecule has 5 nitrogen and oxygen atoms in total. The van der Waals surface area contributed by atoms with E-state index < -0.39 is 0 Å². The lowest BCUT2D eigenvalue weighted by atomic mass is 10.1. The second kappa shape index (κ2) is 9.20. The summed E-state index contributed by atoms with van der Waals surface area (Å²) in [5, 5.41) is 12.7. The number of nitrogens with one attached hydrogen (secondary N) is 1. The molecule has 2 aromatic carbocycles. The molecule has 1 N–H and O–H groups in total. The Labute approximate surface area is 166 Å². The first-order valence-corrected chi connectivity index (χ1v) is 10.1. The van der Waals surface area contributed by atoms with Gasteiger partial charge in [-0.15, -0.1) is 0 Å². The maximum atomic E-state index is 9.19. The normalized spacial score (nSPS) is 19.9. The molecule has 1 saturated carbocycles. The first-order chi connectivity index (χ1) is 13.8. The van der Waals surface area contributed by atoms with Gasteiger partial charge in [-0.05, 0) is 36.6 Å². The van der Waals surface area contributed by atoms with Gasteiger partial charge in [0.1, 0.15) is 12.4 Å². The van der Waals surface area contributed by atoms with E-state index >= 15 is 0 Å². The van der Waals surface area contributed by atoms with E-state index in [0.29, 0.717) is 12.2 Å². The van der Waals surface area contributed by atoms with Gasteiger partial charge in [0.2, 0.25) is 0 Å². The van der Waals surface area contributed by atoms with E-state index in [9.17, 15) is 5.26 Å². The third-order valence-corrected chi connectivity index (χ3v) is 5.37. The van der Waals surface area contributed by atoms with Crippen molar-refractivity contribution in [3.8, 4) is 11.8 Å². The van der Waals surface area contributed by atoms with Crippen molar-refractivity contribution in [2.75, 3.05) is 26.2 Å². The third-order valence-electron chi connectivity index (χ3n) is 5.37. The smallest absolute Gasteiger partial charge is 0.120 e. The molecule has 1 saturated heterocycles. The van der Waals surface area contributed by atoms with Crippen LogP contribution in [0.15, 0.2) is 48.5 Å². The zero-order valence-electron chi connectivity index (χ0n) is 16.1. The van der Waals surface area contributed by atoms with Gasteiger partial charge in [0.25, 0.3) is 0 Å². The summed E-state index contributed by atoms with van der Waals surface area (Å²) in [5.74, 6) is 0.820. The summed E-state index contributed by atoms with van der Waals surface area (Å²) in [7, 11) is 0. The fourth-order valence-corrected chi connectivity index (χ4v) is 3.68. The number of morpholine rings is 1. The van der Waals surface area contributed by atoms with Gasteiger partial charge in [-0.2, -0.15) is 5.26 Å². The molecular formula is C23H27N3O2. The second-order valence-corrected chi connectivity index (χ2v) is 7.55. The SMILES string of the molecule is N#Cc1ccccc1COc1cccc(CNCC2CN(C3CC3)CCO2)c1. The van der Waals surface area contributed by atoms with E-state index in [4.69, 9.17) is 9.47 Å². The second-order valence-electron chi connectivity index (χ2n) is 7.55. The highest BCUT2D eigenvalue weighted by Gasteiger charge is 2.32. The molecule has 0 bridgehead atoms. The molecule has 2 aliphatic rings. The summed E-state index contributed by atoms with van der Waals surface area (Å²) >= 11 is 0. The molecule has 2 fully saturated rings. The van der Waals surface area contributed by atoms with Crippen LogP contribution in [0.2, 0.25) is 0 Å². The lowest BCUT2D eigenvalue weighted by Gasteiger charge is -2.33. The van der Waals surface area contributed by atoms with Gasteiger partial charge in [0, 0.05) is 37.8 Å². The summed E-state index contributed by atoms with van der Waals surface area (Å²) in [6, 6.07) is 18.7. The Kier molecular flexibility index (Phi) is 6.23. The summed E-state index contributed by atoms with van der Waals surface area (Å²) in [6.45, 7) is 5.01. The standard InChI is InChI=1S/C23H27N3O2/c24-13-19-5-1-2-6-20(19)17-28-22-7-3-4-18(12-22)14-25-15-23-16-26(10-11-27-23)21-8-9-21/h1-7,12,21,23,25H,8-11,14-17H2. The van der Waals surface area contributed by atoms with Gasteiger partial charge in [0.05, 0.1) is 24.3 Å². The molecule has 2 aromatic rings. The zero-order chi connectivity index (χ0) is 19.2.